The molecule has 160 valence electrons. The minimum atomic E-state index is -0.537. The Morgan fingerprint density at radius 2 is 1.48 bits per heavy atom. The predicted octanol–water partition coefficient (Wildman–Crippen LogP) is 4.61. The Kier molecular flexibility index (Phi) is 9.84. The van der Waals surface area contributed by atoms with Gasteiger partial charge in [0.1, 0.15) is 11.5 Å². The van der Waals surface area contributed by atoms with Crippen LogP contribution in [-0.4, -0.2) is 30.3 Å². The molecule has 0 fully saturated rings. The summed E-state index contributed by atoms with van der Waals surface area (Å²) in [5.74, 6) is 0.0854. The van der Waals surface area contributed by atoms with Crippen molar-refractivity contribution < 1.29 is 28.6 Å². The van der Waals surface area contributed by atoms with Crippen LogP contribution in [0.1, 0.15) is 12.0 Å². The normalized spacial score (nSPS) is 10.3. The molecule has 0 spiro atoms. The van der Waals surface area contributed by atoms with E-state index in [9.17, 15) is 14.4 Å². The van der Waals surface area contributed by atoms with Crippen molar-refractivity contribution in [3.05, 3.63) is 85.5 Å². The Morgan fingerprint density at radius 1 is 0.839 bits per heavy atom. The van der Waals surface area contributed by atoms with Crippen molar-refractivity contribution in [2.45, 2.75) is 11.3 Å². The van der Waals surface area contributed by atoms with E-state index < -0.39 is 11.9 Å². The lowest BCUT2D eigenvalue weighted by molar-refractivity contribution is -0.138. The zero-order valence-electron chi connectivity index (χ0n) is 16.8. The maximum atomic E-state index is 12.1. The molecule has 7 heteroatoms. The first-order chi connectivity index (χ1) is 15.0. The molecule has 2 aromatic carbocycles. The SMILES string of the molecule is C=CC(=O)OCCCOc1ccc(/C=C/C(=O)Sc2ccc(OC(=O)C=C)cc2)cc1. The van der Waals surface area contributed by atoms with E-state index in [2.05, 4.69) is 13.2 Å². The molecule has 0 bridgehead atoms. The van der Waals surface area contributed by atoms with Crippen LogP contribution in [0.3, 0.4) is 0 Å². The summed E-state index contributed by atoms with van der Waals surface area (Å²) in [5, 5.41) is -0.134. The van der Waals surface area contributed by atoms with Crippen LogP contribution in [0, 0.1) is 0 Å². The third kappa shape index (κ3) is 9.18. The average molecular weight is 439 g/mol. The van der Waals surface area contributed by atoms with E-state index in [4.69, 9.17) is 14.2 Å². The van der Waals surface area contributed by atoms with Crippen molar-refractivity contribution in [1.82, 2.24) is 0 Å². The van der Waals surface area contributed by atoms with Gasteiger partial charge in [-0.1, -0.05) is 31.4 Å². The Balaban J connectivity index is 1.76. The lowest BCUT2D eigenvalue weighted by Crippen LogP contribution is -2.06. The van der Waals surface area contributed by atoms with Gasteiger partial charge >= 0.3 is 11.9 Å². The predicted molar refractivity (Wildman–Crippen MR) is 120 cm³/mol. The summed E-state index contributed by atoms with van der Waals surface area (Å²) in [4.78, 5) is 35.0. The molecule has 6 nitrogen and oxygen atoms in total. The Labute approximate surface area is 185 Å². The number of carbonyl (C=O) groups is 3. The summed E-state index contributed by atoms with van der Waals surface area (Å²) in [7, 11) is 0. The van der Waals surface area contributed by atoms with Gasteiger partial charge in [-0.2, -0.15) is 0 Å². The third-order valence-electron chi connectivity index (χ3n) is 3.69. The summed E-state index contributed by atoms with van der Waals surface area (Å²) < 4.78 is 15.4. The molecule has 0 amide bonds. The van der Waals surface area contributed by atoms with E-state index >= 15 is 0 Å². The largest absolute Gasteiger partial charge is 0.493 e. The first-order valence-electron chi connectivity index (χ1n) is 9.36. The smallest absolute Gasteiger partial charge is 0.335 e. The minimum absolute atomic E-state index is 0.134. The lowest BCUT2D eigenvalue weighted by atomic mass is 10.2. The fraction of sp³-hybridized carbons (Fsp3) is 0.125. The summed E-state index contributed by atoms with van der Waals surface area (Å²) in [6, 6.07) is 13.9. The number of ether oxygens (including phenoxy) is 3. The van der Waals surface area contributed by atoms with Crippen LogP contribution in [0.25, 0.3) is 6.08 Å². The van der Waals surface area contributed by atoms with Crippen LogP contribution in [0.4, 0.5) is 0 Å². The minimum Gasteiger partial charge on any atom is -0.493 e. The van der Waals surface area contributed by atoms with Crippen molar-refractivity contribution in [3.63, 3.8) is 0 Å². The topological polar surface area (TPSA) is 78.9 Å². The summed E-state index contributed by atoms with van der Waals surface area (Å²) in [5.41, 5.74) is 0.855. The molecule has 0 unspecified atom stereocenters. The molecular formula is C24H22O6S. The molecule has 0 atom stereocenters. The Morgan fingerprint density at radius 3 is 2.13 bits per heavy atom. The molecule has 0 heterocycles. The zero-order chi connectivity index (χ0) is 22.5. The van der Waals surface area contributed by atoms with Crippen LogP contribution >= 0.6 is 11.8 Å². The quantitative estimate of drug-likeness (QED) is 0.167. The van der Waals surface area contributed by atoms with Crippen molar-refractivity contribution >= 4 is 34.9 Å². The number of hydrogen-bond acceptors (Lipinski definition) is 7. The second-order valence-corrected chi connectivity index (χ2v) is 7.07. The fourth-order valence-corrected chi connectivity index (χ4v) is 2.84. The van der Waals surface area contributed by atoms with Gasteiger partial charge in [0.25, 0.3) is 0 Å². The van der Waals surface area contributed by atoms with Crippen LogP contribution in [-0.2, 0) is 19.1 Å². The maximum absolute atomic E-state index is 12.1. The number of rotatable bonds is 11. The van der Waals surface area contributed by atoms with Gasteiger partial charge in [0.15, 0.2) is 0 Å². The first kappa shape index (κ1) is 23.7. The average Bonchev–Trinajstić information content (AvgIpc) is 2.79. The molecule has 31 heavy (non-hydrogen) atoms. The van der Waals surface area contributed by atoms with Gasteiger partial charge in [-0.05, 0) is 59.8 Å². The maximum Gasteiger partial charge on any atom is 0.335 e. The molecule has 0 N–H and O–H groups in total. The van der Waals surface area contributed by atoms with Gasteiger partial charge in [-0.15, -0.1) is 0 Å². The zero-order valence-corrected chi connectivity index (χ0v) is 17.6. The van der Waals surface area contributed by atoms with Crippen LogP contribution in [0.5, 0.6) is 11.5 Å². The molecule has 0 aliphatic heterocycles. The second kappa shape index (κ2) is 12.9. The van der Waals surface area contributed by atoms with Crippen molar-refractivity contribution in [2.24, 2.45) is 0 Å². The highest BCUT2D eigenvalue weighted by molar-refractivity contribution is 8.14. The summed E-state index contributed by atoms with van der Waals surface area (Å²) >= 11 is 1.07. The molecule has 2 aromatic rings. The van der Waals surface area contributed by atoms with E-state index in [0.29, 0.717) is 24.5 Å². The number of thioether (sulfide) groups is 1. The summed E-state index contributed by atoms with van der Waals surface area (Å²) in [6.07, 6.45) is 5.98. The number of carbonyl (C=O) groups excluding carboxylic acids is 3. The summed E-state index contributed by atoms with van der Waals surface area (Å²) in [6.45, 7) is 7.35. The van der Waals surface area contributed by atoms with Gasteiger partial charge in [-0.3, -0.25) is 4.79 Å². The molecule has 0 saturated carbocycles. The van der Waals surface area contributed by atoms with Crippen LogP contribution in [0.15, 0.2) is 84.8 Å². The standard InChI is InChI=1S/C24H22O6S/c1-3-22(25)29-17-5-16-28-19-9-6-18(7-10-19)8-15-24(27)31-21-13-11-20(12-14-21)30-23(26)4-2/h3-4,6-15H,1-2,5,16-17H2/b15-8+. The molecule has 0 saturated heterocycles. The first-order valence-corrected chi connectivity index (χ1v) is 10.2. The van der Waals surface area contributed by atoms with E-state index in [1.165, 1.54) is 6.08 Å². The third-order valence-corrected chi connectivity index (χ3v) is 4.53. The number of hydrogen-bond donors (Lipinski definition) is 0. The fourth-order valence-electron chi connectivity index (χ4n) is 2.20. The lowest BCUT2D eigenvalue weighted by Gasteiger charge is -2.06. The molecule has 0 aliphatic carbocycles. The van der Waals surface area contributed by atoms with E-state index in [-0.39, 0.29) is 11.7 Å². The van der Waals surface area contributed by atoms with Crippen LogP contribution in [0.2, 0.25) is 0 Å². The van der Waals surface area contributed by atoms with Gasteiger partial charge in [0.2, 0.25) is 5.12 Å². The van der Waals surface area contributed by atoms with Gasteiger partial charge in [0.05, 0.1) is 13.2 Å². The highest BCUT2D eigenvalue weighted by atomic mass is 32.2. The van der Waals surface area contributed by atoms with Gasteiger partial charge in [-0.25, -0.2) is 9.59 Å². The number of benzene rings is 2. The molecule has 0 aliphatic rings. The molecule has 0 radical (unpaired) electrons. The number of esters is 2. The van der Waals surface area contributed by atoms with Crippen molar-refractivity contribution in [3.8, 4) is 11.5 Å². The molecule has 0 aromatic heterocycles. The van der Waals surface area contributed by atoms with E-state index in [1.807, 2.05) is 12.1 Å². The molecular weight excluding hydrogens is 416 g/mol. The van der Waals surface area contributed by atoms with Gasteiger partial charge < -0.3 is 14.2 Å². The van der Waals surface area contributed by atoms with Crippen molar-refractivity contribution in [2.75, 3.05) is 13.2 Å². The van der Waals surface area contributed by atoms with Crippen LogP contribution < -0.4 is 9.47 Å². The van der Waals surface area contributed by atoms with E-state index in [1.54, 1.807) is 42.5 Å². The molecule has 2 rings (SSSR count). The Bertz CT molecular complexity index is 945. The highest BCUT2D eigenvalue weighted by Gasteiger charge is 2.04. The monoisotopic (exact) mass is 438 g/mol. The van der Waals surface area contributed by atoms with E-state index in [0.717, 1.165) is 34.4 Å². The second-order valence-electron chi connectivity index (χ2n) is 5.99. The highest BCUT2D eigenvalue weighted by Crippen LogP contribution is 2.23. The van der Waals surface area contributed by atoms with Crippen molar-refractivity contribution in [1.29, 1.82) is 0 Å². The van der Waals surface area contributed by atoms with Gasteiger partial charge in [0, 0.05) is 23.5 Å². The Hall–Kier alpha value is -3.58.